The number of aryl methyl sites for hydroxylation is 1. The summed E-state index contributed by atoms with van der Waals surface area (Å²) in [4.78, 5) is 6.71. The molecule has 1 saturated heterocycles. The monoisotopic (exact) mass is 440 g/mol. The first-order valence-electron chi connectivity index (χ1n) is 11.3. The van der Waals surface area contributed by atoms with Gasteiger partial charge in [-0.05, 0) is 42.7 Å². The molecule has 0 aliphatic carbocycles. The second-order valence-electron chi connectivity index (χ2n) is 7.87. The van der Waals surface area contributed by atoms with E-state index in [2.05, 4.69) is 51.7 Å². The zero-order chi connectivity index (χ0) is 22.6. The van der Waals surface area contributed by atoms with Crippen LogP contribution < -0.4 is 20.1 Å². The van der Waals surface area contributed by atoms with E-state index in [1.807, 2.05) is 18.2 Å². The molecule has 2 aromatic carbocycles. The van der Waals surface area contributed by atoms with Crippen molar-refractivity contribution in [2.75, 3.05) is 60.2 Å². The SMILES string of the molecule is CN=C(NCCc1cc(C)ccc1OC)NCc1cccc(OCCN2CCOCC2)c1. The molecule has 0 unspecified atom stereocenters. The highest BCUT2D eigenvalue weighted by Gasteiger charge is 2.10. The zero-order valence-corrected chi connectivity index (χ0v) is 19.5. The summed E-state index contributed by atoms with van der Waals surface area (Å²) >= 11 is 0. The number of hydrogen-bond donors (Lipinski definition) is 2. The van der Waals surface area contributed by atoms with Crippen LogP contribution in [-0.2, 0) is 17.7 Å². The van der Waals surface area contributed by atoms with Crippen LogP contribution in [-0.4, -0.2) is 71.0 Å². The predicted molar refractivity (Wildman–Crippen MR) is 129 cm³/mol. The molecule has 1 heterocycles. The second-order valence-corrected chi connectivity index (χ2v) is 7.87. The van der Waals surface area contributed by atoms with Gasteiger partial charge in [0.1, 0.15) is 18.1 Å². The van der Waals surface area contributed by atoms with Crippen LogP contribution in [0.3, 0.4) is 0 Å². The van der Waals surface area contributed by atoms with Crippen LogP contribution in [0, 0.1) is 6.92 Å². The summed E-state index contributed by atoms with van der Waals surface area (Å²) in [6, 6.07) is 14.5. The van der Waals surface area contributed by atoms with Gasteiger partial charge in [0.15, 0.2) is 5.96 Å². The van der Waals surface area contributed by atoms with E-state index in [0.29, 0.717) is 13.2 Å². The maximum Gasteiger partial charge on any atom is 0.191 e. The summed E-state index contributed by atoms with van der Waals surface area (Å²) in [5, 5.41) is 6.76. The van der Waals surface area contributed by atoms with Gasteiger partial charge >= 0.3 is 0 Å². The Kier molecular flexibility index (Phi) is 9.65. The number of rotatable bonds is 10. The van der Waals surface area contributed by atoms with Gasteiger partial charge in [0, 0.05) is 39.8 Å². The fourth-order valence-corrected chi connectivity index (χ4v) is 3.69. The van der Waals surface area contributed by atoms with Crippen LogP contribution in [0.1, 0.15) is 16.7 Å². The number of nitrogens with zero attached hydrogens (tertiary/aromatic N) is 2. The quantitative estimate of drug-likeness (QED) is 0.437. The Labute approximate surface area is 191 Å². The van der Waals surface area contributed by atoms with Crippen molar-refractivity contribution in [3.8, 4) is 11.5 Å². The van der Waals surface area contributed by atoms with Gasteiger partial charge in [0.25, 0.3) is 0 Å². The Morgan fingerprint density at radius 2 is 1.97 bits per heavy atom. The molecular formula is C25H36N4O3. The van der Waals surface area contributed by atoms with Gasteiger partial charge in [-0.1, -0.05) is 29.8 Å². The lowest BCUT2D eigenvalue weighted by Crippen LogP contribution is -2.38. The Morgan fingerprint density at radius 1 is 1.12 bits per heavy atom. The van der Waals surface area contributed by atoms with E-state index in [9.17, 15) is 0 Å². The van der Waals surface area contributed by atoms with Gasteiger partial charge in [0.05, 0.1) is 20.3 Å². The van der Waals surface area contributed by atoms with Crippen LogP contribution >= 0.6 is 0 Å². The van der Waals surface area contributed by atoms with Crippen molar-refractivity contribution in [3.05, 3.63) is 59.2 Å². The number of morpholine rings is 1. The number of benzene rings is 2. The van der Waals surface area contributed by atoms with Crippen molar-refractivity contribution in [2.24, 2.45) is 4.99 Å². The summed E-state index contributed by atoms with van der Waals surface area (Å²) in [5.74, 6) is 2.59. The van der Waals surface area contributed by atoms with E-state index in [1.54, 1.807) is 14.2 Å². The molecule has 174 valence electrons. The molecule has 0 aromatic heterocycles. The highest BCUT2D eigenvalue weighted by atomic mass is 16.5. The third-order valence-electron chi connectivity index (χ3n) is 5.48. The maximum absolute atomic E-state index is 5.96. The maximum atomic E-state index is 5.96. The number of hydrogen-bond acceptors (Lipinski definition) is 5. The van der Waals surface area contributed by atoms with E-state index in [4.69, 9.17) is 14.2 Å². The average Bonchev–Trinajstić information content (AvgIpc) is 2.82. The molecule has 0 radical (unpaired) electrons. The number of ether oxygens (including phenoxy) is 3. The number of guanidine groups is 1. The Bertz CT molecular complexity index is 866. The largest absolute Gasteiger partial charge is 0.496 e. The van der Waals surface area contributed by atoms with Crippen molar-refractivity contribution in [3.63, 3.8) is 0 Å². The molecule has 0 saturated carbocycles. The summed E-state index contributed by atoms with van der Waals surface area (Å²) in [6.07, 6.45) is 0.859. The molecule has 32 heavy (non-hydrogen) atoms. The van der Waals surface area contributed by atoms with Gasteiger partial charge in [0.2, 0.25) is 0 Å². The minimum atomic E-state index is 0.675. The topological polar surface area (TPSA) is 67.4 Å². The third-order valence-corrected chi connectivity index (χ3v) is 5.48. The minimum absolute atomic E-state index is 0.675. The van der Waals surface area contributed by atoms with Gasteiger partial charge in [-0.3, -0.25) is 9.89 Å². The van der Waals surface area contributed by atoms with E-state index in [1.165, 1.54) is 11.1 Å². The number of aliphatic imine (C=N–C) groups is 1. The molecule has 0 bridgehead atoms. The minimum Gasteiger partial charge on any atom is -0.496 e. The summed E-state index contributed by atoms with van der Waals surface area (Å²) < 4.78 is 16.8. The molecule has 7 heteroatoms. The fourth-order valence-electron chi connectivity index (χ4n) is 3.69. The van der Waals surface area contributed by atoms with Gasteiger partial charge in [-0.25, -0.2) is 0 Å². The first-order chi connectivity index (χ1) is 15.7. The van der Waals surface area contributed by atoms with Crippen LogP contribution in [0.25, 0.3) is 0 Å². The first-order valence-corrected chi connectivity index (χ1v) is 11.3. The van der Waals surface area contributed by atoms with Crippen molar-refractivity contribution in [2.45, 2.75) is 19.9 Å². The van der Waals surface area contributed by atoms with Crippen LogP contribution in [0.5, 0.6) is 11.5 Å². The standard InChI is InChI=1S/C25H36N4O3/c1-20-7-8-24(30-3)22(17-20)9-10-27-25(26-2)28-19-21-5-4-6-23(18-21)32-16-13-29-11-14-31-15-12-29/h4-8,17-18H,9-16,19H2,1-3H3,(H2,26,27,28). The lowest BCUT2D eigenvalue weighted by atomic mass is 10.1. The van der Waals surface area contributed by atoms with Gasteiger partial charge < -0.3 is 24.8 Å². The van der Waals surface area contributed by atoms with Crippen LogP contribution in [0.4, 0.5) is 0 Å². The van der Waals surface area contributed by atoms with Crippen molar-refractivity contribution in [1.82, 2.24) is 15.5 Å². The Morgan fingerprint density at radius 3 is 2.75 bits per heavy atom. The molecule has 3 rings (SSSR count). The van der Waals surface area contributed by atoms with E-state index >= 15 is 0 Å². The van der Waals surface area contributed by atoms with Crippen molar-refractivity contribution in [1.29, 1.82) is 0 Å². The van der Waals surface area contributed by atoms with E-state index in [-0.39, 0.29) is 0 Å². The van der Waals surface area contributed by atoms with E-state index < -0.39 is 0 Å². The third kappa shape index (κ3) is 7.73. The van der Waals surface area contributed by atoms with Crippen LogP contribution in [0.2, 0.25) is 0 Å². The van der Waals surface area contributed by atoms with Crippen molar-refractivity contribution >= 4 is 5.96 Å². The lowest BCUT2D eigenvalue weighted by molar-refractivity contribution is 0.0322. The molecule has 0 atom stereocenters. The van der Waals surface area contributed by atoms with Gasteiger partial charge in [-0.2, -0.15) is 0 Å². The normalized spacial score (nSPS) is 14.8. The lowest BCUT2D eigenvalue weighted by Gasteiger charge is -2.26. The molecule has 0 spiro atoms. The number of nitrogens with one attached hydrogen (secondary N) is 2. The summed E-state index contributed by atoms with van der Waals surface area (Å²) in [5.41, 5.74) is 3.57. The first kappa shape index (κ1) is 23.9. The molecule has 1 aliphatic heterocycles. The van der Waals surface area contributed by atoms with Gasteiger partial charge in [-0.15, -0.1) is 0 Å². The summed E-state index contributed by atoms with van der Waals surface area (Å²) in [7, 11) is 3.50. The molecule has 2 N–H and O–H groups in total. The van der Waals surface area contributed by atoms with E-state index in [0.717, 1.165) is 68.8 Å². The highest BCUT2D eigenvalue weighted by Crippen LogP contribution is 2.19. The second kappa shape index (κ2) is 12.9. The fraction of sp³-hybridized carbons (Fsp3) is 0.480. The molecule has 2 aromatic rings. The zero-order valence-electron chi connectivity index (χ0n) is 19.5. The smallest absolute Gasteiger partial charge is 0.191 e. The molecule has 0 amide bonds. The van der Waals surface area contributed by atoms with Crippen LogP contribution in [0.15, 0.2) is 47.5 Å². The Balaban J connectivity index is 1.41. The summed E-state index contributed by atoms with van der Waals surface area (Å²) in [6.45, 7) is 8.74. The predicted octanol–water partition coefficient (Wildman–Crippen LogP) is 2.62. The highest BCUT2D eigenvalue weighted by molar-refractivity contribution is 5.79. The Hall–Kier alpha value is -2.77. The molecule has 1 aliphatic rings. The average molecular weight is 441 g/mol. The molecular weight excluding hydrogens is 404 g/mol. The molecule has 7 nitrogen and oxygen atoms in total. The molecule has 1 fully saturated rings. The van der Waals surface area contributed by atoms with Crippen molar-refractivity contribution < 1.29 is 14.2 Å². The number of methoxy groups -OCH3 is 1.